The summed E-state index contributed by atoms with van der Waals surface area (Å²) >= 11 is 1.01. The molecule has 1 aromatic heterocycles. The van der Waals surface area contributed by atoms with Gasteiger partial charge >= 0.3 is 5.97 Å². The van der Waals surface area contributed by atoms with Gasteiger partial charge in [-0.15, -0.1) is 0 Å². The van der Waals surface area contributed by atoms with Crippen LogP contribution < -0.4 is 9.94 Å². The van der Waals surface area contributed by atoms with Gasteiger partial charge in [-0.1, -0.05) is 25.2 Å². The maximum Gasteiger partial charge on any atom is 0.326 e. The molecule has 1 saturated heterocycles. The molecule has 1 fully saturated rings. The summed E-state index contributed by atoms with van der Waals surface area (Å²) in [6.07, 6.45) is 0.970. The zero-order chi connectivity index (χ0) is 28.5. The van der Waals surface area contributed by atoms with E-state index >= 15 is 0 Å². The minimum absolute atomic E-state index is 0.0927. The van der Waals surface area contributed by atoms with Crippen LogP contribution in [0.5, 0.6) is 0 Å². The van der Waals surface area contributed by atoms with Crippen LogP contribution in [0.2, 0.25) is 0 Å². The number of nitrogens with zero attached hydrogens (tertiary/aromatic N) is 3. The first-order chi connectivity index (χ1) is 18.3. The number of primary sulfonamides is 1. The molecule has 0 bridgehead atoms. The van der Waals surface area contributed by atoms with Crippen molar-refractivity contribution in [3.63, 3.8) is 0 Å². The van der Waals surface area contributed by atoms with Crippen molar-refractivity contribution in [1.29, 1.82) is 0 Å². The van der Waals surface area contributed by atoms with Crippen LogP contribution in [0.4, 0.5) is 0 Å². The highest BCUT2D eigenvalue weighted by Crippen LogP contribution is 2.27. The van der Waals surface area contributed by atoms with Gasteiger partial charge in [-0.3, -0.25) is 9.59 Å². The molecule has 4 rings (SSSR count). The zero-order valence-electron chi connectivity index (χ0n) is 21.7. The van der Waals surface area contributed by atoms with Crippen molar-refractivity contribution < 1.29 is 31.2 Å². The SMILES string of the molecule is CCOC(=O)Cn1c(=NC(=O)c2ccc(S(=O)(=O)N3C[C@@H](C)C[C@H](C)C3)cc2)sc2cc(S(N)(=O)=O)ccc21. The van der Waals surface area contributed by atoms with E-state index in [0.29, 0.717) is 23.3 Å². The summed E-state index contributed by atoms with van der Waals surface area (Å²) in [5, 5.41) is 5.25. The third kappa shape index (κ3) is 6.47. The van der Waals surface area contributed by atoms with Gasteiger partial charge in [-0.05, 0) is 67.6 Å². The molecule has 14 heteroatoms. The Morgan fingerprint density at radius 1 is 1.03 bits per heavy atom. The number of esters is 1. The van der Waals surface area contributed by atoms with Gasteiger partial charge in [0, 0.05) is 18.7 Å². The first-order valence-electron chi connectivity index (χ1n) is 12.3. The van der Waals surface area contributed by atoms with Crippen LogP contribution in [0, 0.1) is 11.8 Å². The molecule has 0 aliphatic carbocycles. The molecule has 11 nitrogen and oxygen atoms in total. The highest BCUT2D eigenvalue weighted by Gasteiger charge is 2.31. The highest BCUT2D eigenvalue weighted by molar-refractivity contribution is 7.89. The molecule has 0 radical (unpaired) electrons. The van der Waals surface area contributed by atoms with E-state index in [1.165, 1.54) is 51.3 Å². The van der Waals surface area contributed by atoms with Gasteiger partial charge in [0.1, 0.15) is 6.54 Å². The lowest BCUT2D eigenvalue weighted by Gasteiger charge is -2.34. The van der Waals surface area contributed by atoms with Crippen molar-refractivity contribution in [3.05, 3.63) is 52.8 Å². The van der Waals surface area contributed by atoms with E-state index in [4.69, 9.17) is 9.88 Å². The largest absolute Gasteiger partial charge is 0.465 e. The normalized spacial score (nSPS) is 19.3. The Balaban J connectivity index is 1.69. The molecule has 210 valence electrons. The van der Waals surface area contributed by atoms with Crippen LogP contribution in [0.15, 0.2) is 57.2 Å². The Morgan fingerprint density at radius 3 is 2.23 bits per heavy atom. The predicted octanol–water partition coefficient (Wildman–Crippen LogP) is 2.32. The third-order valence-corrected chi connectivity index (χ3v) is 10.1. The number of sulfonamides is 2. The molecular weight excluding hydrogens is 564 g/mol. The maximum absolute atomic E-state index is 13.2. The Morgan fingerprint density at radius 2 is 1.64 bits per heavy atom. The summed E-state index contributed by atoms with van der Waals surface area (Å²) in [5.41, 5.74) is 0.623. The minimum Gasteiger partial charge on any atom is -0.465 e. The van der Waals surface area contributed by atoms with E-state index in [1.807, 2.05) is 13.8 Å². The number of nitrogens with two attached hydrogens (primary N) is 1. The van der Waals surface area contributed by atoms with Crippen LogP contribution >= 0.6 is 11.3 Å². The number of ether oxygens (including phenoxy) is 1. The van der Waals surface area contributed by atoms with Gasteiger partial charge in [0.15, 0.2) is 4.80 Å². The topological polar surface area (TPSA) is 158 Å². The summed E-state index contributed by atoms with van der Waals surface area (Å²) in [5.74, 6) is -0.703. The number of benzene rings is 2. The van der Waals surface area contributed by atoms with Gasteiger partial charge in [-0.2, -0.15) is 9.30 Å². The standard InChI is InChI=1S/C25H30N4O7S3/c1-4-36-23(30)15-29-21-10-9-20(38(26,32)33)12-22(21)37-25(29)27-24(31)18-5-7-19(8-6-18)39(34,35)28-13-16(2)11-17(3)14-28/h5-10,12,16-17H,4,11,13-15H2,1-3H3,(H2,26,32,33)/t16-,17-/m0/s1. The smallest absolute Gasteiger partial charge is 0.326 e. The van der Waals surface area contributed by atoms with Gasteiger partial charge < -0.3 is 9.30 Å². The van der Waals surface area contributed by atoms with Crippen molar-refractivity contribution in [2.24, 2.45) is 22.0 Å². The first kappa shape index (κ1) is 29.1. The molecule has 2 atom stereocenters. The van der Waals surface area contributed by atoms with Crippen LogP contribution in [0.3, 0.4) is 0 Å². The van der Waals surface area contributed by atoms with Crippen molar-refractivity contribution >= 4 is 53.5 Å². The quantitative estimate of drug-likeness (QED) is 0.411. The molecule has 2 heterocycles. The van der Waals surface area contributed by atoms with Gasteiger partial charge in [-0.25, -0.2) is 22.0 Å². The third-order valence-electron chi connectivity index (χ3n) is 6.35. The average Bonchev–Trinajstić information content (AvgIpc) is 3.19. The van der Waals surface area contributed by atoms with Crippen LogP contribution in [0.1, 0.15) is 37.6 Å². The fourth-order valence-corrected chi connectivity index (χ4v) is 8.04. The zero-order valence-corrected chi connectivity index (χ0v) is 24.2. The van der Waals surface area contributed by atoms with Crippen LogP contribution in [0.25, 0.3) is 10.2 Å². The number of piperidine rings is 1. The molecule has 3 aromatic rings. The Labute approximate surface area is 231 Å². The number of hydrogen-bond donors (Lipinski definition) is 1. The molecule has 0 spiro atoms. The van der Waals surface area contributed by atoms with E-state index in [1.54, 1.807) is 6.92 Å². The van der Waals surface area contributed by atoms with Gasteiger partial charge in [0.05, 0.1) is 26.6 Å². The number of amides is 1. The average molecular weight is 595 g/mol. The van der Waals surface area contributed by atoms with Crippen LogP contribution in [-0.2, 0) is 36.1 Å². The van der Waals surface area contributed by atoms with Crippen molar-refractivity contribution in [3.8, 4) is 0 Å². The second kappa shape index (κ2) is 11.3. The maximum atomic E-state index is 13.2. The summed E-state index contributed by atoms with van der Waals surface area (Å²) < 4.78 is 58.4. The fraction of sp³-hybridized carbons (Fsp3) is 0.400. The summed E-state index contributed by atoms with van der Waals surface area (Å²) in [6, 6.07) is 9.71. The van der Waals surface area contributed by atoms with Crippen molar-refractivity contribution in [1.82, 2.24) is 8.87 Å². The Hall–Kier alpha value is -2.91. The molecule has 39 heavy (non-hydrogen) atoms. The molecular formula is C25H30N4O7S3. The van der Waals surface area contributed by atoms with Gasteiger partial charge in [0.2, 0.25) is 20.0 Å². The summed E-state index contributed by atoms with van der Waals surface area (Å²) in [6.45, 7) is 6.52. The van der Waals surface area contributed by atoms with Crippen molar-refractivity contribution in [2.45, 2.75) is 43.5 Å². The molecule has 2 aromatic carbocycles. The second-order valence-corrected chi connectivity index (χ2v) is 14.2. The summed E-state index contributed by atoms with van der Waals surface area (Å²) in [7, 11) is -7.68. The molecule has 0 saturated carbocycles. The molecule has 1 aliphatic heterocycles. The van der Waals surface area contributed by atoms with E-state index in [2.05, 4.69) is 4.99 Å². The minimum atomic E-state index is -3.97. The number of carbonyl (C=O) groups is 2. The van der Waals surface area contributed by atoms with E-state index < -0.39 is 31.9 Å². The van der Waals surface area contributed by atoms with Crippen LogP contribution in [-0.4, -0.2) is 57.3 Å². The lowest BCUT2D eigenvalue weighted by atomic mass is 9.94. The van der Waals surface area contributed by atoms with Crippen molar-refractivity contribution in [2.75, 3.05) is 19.7 Å². The first-order valence-corrected chi connectivity index (χ1v) is 16.1. The predicted molar refractivity (Wildman–Crippen MR) is 146 cm³/mol. The number of fused-ring (bicyclic) bond motifs is 1. The summed E-state index contributed by atoms with van der Waals surface area (Å²) in [4.78, 5) is 29.6. The Bertz CT molecular complexity index is 1680. The van der Waals surface area contributed by atoms with E-state index in [9.17, 15) is 26.4 Å². The lowest BCUT2D eigenvalue weighted by Crippen LogP contribution is -2.42. The van der Waals surface area contributed by atoms with E-state index in [0.717, 1.165) is 17.8 Å². The van der Waals surface area contributed by atoms with Gasteiger partial charge in [0.25, 0.3) is 5.91 Å². The highest BCUT2D eigenvalue weighted by atomic mass is 32.2. The molecule has 0 unspecified atom stereocenters. The van der Waals surface area contributed by atoms with E-state index in [-0.39, 0.29) is 45.1 Å². The fourth-order valence-electron chi connectivity index (χ4n) is 4.68. The number of hydrogen-bond acceptors (Lipinski definition) is 8. The monoisotopic (exact) mass is 594 g/mol. The lowest BCUT2D eigenvalue weighted by molar-refractivity contribution is -0.143. The number of carbonyl (C=O) groups excluding carboxylic acids is 2. The molecule has 2 N–H and O–H groups in total. The number of rotatable bonds is 7. The molecule has 1 aliphatic rings. The number of thiazole rings is 1. The second-order valence-electron chi connectivity index (χ2n) is 9.66. The molecule has 1 amide bonds. The Kier molecular flexibility index (Phi) is 8.42. The number of aromatic nitrogens is 1.